The SMILES string of the molecule is COC[C@@H]1CCCN1C[C@H]1C[C@@H](c2ccc(CO)cc2)O[C@@H](c2ccc(-c3ccccc3CNC(=O)c3ccccc3)cc2)O1. The van der Waals surface area contributed by atoms with Crippen LogP contribution in [0.3, 0.4) is 0 Å². The number of aliphatic hydroxyl groups excluding tert-OH is 1. The normalized spacial score (nSPS) is 21.9. The highest BCUT2D eigenvalue weighted by molar-refractivity contribution is 5.94. The van der Waals surface area contributed by atoms with Gasteiger partial charge in [-0.15, -0.1) is 0 Å². The van der Waals surface area contributed by atoms with Crippen LogP contribution >= 0.6 is 0 Å². The van der Waals surface area contributed by atoms with Crippen LogP contribution in [0, 0.1) is 0 Å². The summed E-state index contributed by atoms with van der Waals surface area (Å²) in [5.74, 6) is -0.0927. The molecule has 4 aromatic rings. The number of aliphatic hydroxyl groups is 1. The number of rotatable bonds is 11. The molecule has 7 nitrogen and oxygen atoms in total. The maximum absolute atomic E-state index is 12.7. The highest BCUT2D eigenvalue weighted by Crippen LogP contribution is 2.39. The van der Waals surface area contributed by atoms with Gasteiger partial charge in [-0.3, -0.25) is 9.69 Å². The molecule has 4 atom stereocenters. The van der Waals surface area contributed by atoms with Crippen LogP contribution in [-0.4, -0.2) is 54.9 Å². The second-order valence-corrected chi connectivity index (χ2v) is 11.9. The molecule has 0 aliphatic carbocycles. The van der Waals surface area contributed by atoms with Gasteiger partial charge in [-0.25, -0.2) is 0 Å². The van der Waals surface area contributed by atoms with Gasteiger partial charge in [0, 0.05) is 43.8 Å². The number of hydrogen-bond donors (Lipinski definition) is 2. The van der Waals surface area contributed by atoms with E-state index in [9.17, 15) is 9.90 Å². The number of methoxy groups -OCH3 is 1. The fourth-order valence-electron chi connectivity index (χ4n) is 6.45. The van der Waals surface area contributed by atoms with Gasteiger partial charge in [0.2, 0.25) is 0 Å². The lowest BCUT2D eigenvalue weighted by Gasteiger charge is -2.38. The molecule has 234 valence electrons. The summed E-state index contributed by atoms with van der Waals surface area (Å²) >= 11 is 0. The smallest absolute Gasteiger partial charge is 0.251 e. The van der Waals surface area contributed by atoms with Crippen molar-refractivity contribution in [3.8, 4) is 11.1 Å². The molecule has 2 N–H and O–H groups in total. The molecule has 0 radical (unpaired) electrons. The van der Waals surface area contributed by atoms with Crippen LogP contribution in [0.25, 0.3) is 11.1 Å². The molecule has 0 saturated carbocycles. The van der Waals surface area contributed by atoms with Crippen LogP contribution in [0.2, 0.25) is 0 Å². The molecule has 2 heterocycles. The number of carbonyl (C=O) groups excluding carboxylic acids is 1. The Balaban J connectivity index is 1.19. The van der Waals surface area contributed by atoms with Crippen LogP contribution in [0.1, 0.15) is 64.3 Å². The van der Waals surface area contributed by atoms with Crippen molar-refractivity contribution < 1.29 is 24.1 Å². The number of ether oxygens (including phenoxy) is 3. The fourth-order valence-corrected chi connectivity index (χ4v) is 6.45. The zero-order chi connectivity index (χ0) is 31.0. The summed E-state index contributed by atoms with van der Waals surface area (Å²) < 4.78 is 18.7. The number of benzene rings is 4. The molecule has 2 aliphatic rings. The summed E-state index contributed by atoms with van der Waals surface area (Å²) in [6.45, 7) is 3.07. The molecule has 0 spiro atoms. The van der Waals surface area contributed by atoms with E-state index in [1.54, 1.807) is 7.11 Å². The Morgan fingerprint density at radius 3 is 2.40 bits per heavy atom. The average Bonchev–Trinajstić information content (AvgIpc) is 3.54. The van der Waals surface area contributed by atoms with Crippen molar-refractivity contribution in [3.63, 3.8) is 0 Å². The maximum atomic E-state index is 12.7. The summed E-state index contributed by atoms with van der Waals surface area (Å²) in [5, 5.41) is 12.6. The van der Waals surface area contributed by atoms with Crippen LogP contribution in [0.15, 0.2) is 103 Å². The third-order valence-corrected chi connectivity index (χ3v) is 8.90. The van der Waals surface area contributed by atoms with E-state index in [0.29, 0.717) is 18.2 Å². The lowest BCUT2D eigenvalue weighted by atomic mass is 9.97. The number of nitrogens with zero attached hydrogens (tertiary/aromatic N) is 1. The first-order valence-corrected chi connectivity index (χ1v) is 15.9. The predicted molar refractivity (Wildman–Crippen MR) is 174 cm³/mol. The van der Waals surface area contributed by atoms with Crippen LogP contribution in [0.4, 0.5) is 0 Å². The Morgan fingerprint density at radius 2 is 1.64 bits per heavy atom. The van der Waals surface area contributed by atoms with Gasteiger partial charge in [-0.2, -0.15) is 0 Å². The molecule has 0 unspecified atom stereocenters. The van der Waals surface area contributed by atoms with Crippen molar-refractivity contribution in [2.24, 2.45) is 0 Å². The second-order valence-electron chi connectivity index (χ2n) is 11.9. The van der Waals surface area contributed by atoms with E-state index in [1.807, 2.05) is 60.7 Å². The Hall–Kier alpha value is -3.85. The molecule has 45 heavy (non-hydrogen) atoms. The third kappa shape index (κ3) is 7.69. The van der Waals surface area contributed by atoms with Gasteiger partial charge in [0.25, 0.3) is 5.91 Å². The molecule has 0 bridgehead atoms. The van der Waals surface area contributed by atoms with Crippen molar-refractivity contribution in [1.82, 2.24) is 10.2 Å². The summed E-state index contributed by atoms with van der Waals surface area (Å²) in [7, 11) is 1.77. The Kier molecular flexibility index (Phi) is 10.4. The van der Waals surface area contributed by atoms with Gasteiger partial charge in [0.05, 0.1) is 25.4 Å². The minimum absolute atomic E-state index is 0.00245. The monoisotopic (exact) mass is 606 g/mol. The van der Waals surface area contributed by atoms with Gasteiger partial charge in [0.1, 0.15) is 0 Å². The summed E-state index contributed by atoms with van der Waals surface area (Å²) in [6, 6.07) is 34.2. The lowest BCUT2D eigenvalue weighted by molar-refractivity contribution is -0.253. The third-order valence-electron chi connectivity index (χ3n) is 8.90. The zero-order valence-corrected chi connectivity index (χ0v) is 25.8. The number of hydrogen-bond acceptors (Lipinski definition) is 6. The Labute approximate surface area is 265 Å². The molecular weight excluding hydrogens is 564 g/mol. The van der Waals surface area contributed by atoms with E-state index in [0.717, 1.165) is 65.9 Å². The second kappa shape index (κ2) is 15.0. The van der Waals surface area contributed by atoms with Crippen molar-refractivity contribution in [3.05, 3.63) is 131 Å². The van der Waals surface area contributed by atoms with Gasteiger partial charge in [-0.1, -0.05) is 91.0 Å². The summed E-state index contributed by atoms with van der Waals surface area (Å²) in [4.78, 5) is 15.2. The molecule has 2 saturated heterocycles. The summed E-state index contributed by atoms with van der Waals surface area (Å²) in [6.07, 6.45) is 2.43. The zero-order valence-electron chi connectivity index (χ0n) is 25.8. The number of likely N-dealkylation sites (tertiary alicyclic amines) is 1. The topological polar surface area (TPSA) is 80.3 Å². The highest BCUT2D eigenvalue weighted by atomic mass is 16.7. The minimum Gasteiger partial charge on any atom is -0.392 e. The minimum atomic E-state index is -0.510. The van der Waals surface area contributed by atoms with Crippen molar-refractivity contribution >= 4 is 5.91 Å². The van der Waals surface area contributed by atoms with Gasteiger partial charge < -0.3 is 24.6 Å². The molecule has 2 fully saturated rings. The molecule has 4 aromatic carbocycles. The number of carbonyl (C=O) groups is 1. The van der Waals surface area contributed by atoms with E-state index < -0.39 is 6.29 Å². The molecular formula is C38H42N2O5. The molecule has 0 aromatic heterocycles. The van der Waals surface area contributed by atoms with Gasteiger partial charge >= 0.3 is 0 Å². The first kappa shape index (κ1) is 31.1. The average molecular weight is 607 g/mol. The summed E-state index contributed by atoms with van der Waals surface area (Å²) in [5.41, 5.74) is 6.75. The van der Waals surface area contributed by atoms with Crippen molar-refractivity contribution in [2.45, 2.75) is 57.0 Å². The first-order chi connectivity index (χ1) is 22.1. The van der Waals surface area contributed by atoms with Crippen LogP contribution < -0.4 is 5.32 Å². The van der Waals surface area contributed by atoms with E-state index >= 15 is 0 Å². The van der Waals surface area contributed by atoms with E-state index in [2.05, 4.69) is 52.7 Å². The fraction of sp³-hybridized carbons (Fsp3) is 0.342. The lowest BCUT2D eigenvalue weighted by Crippen LogP contribution is -2.42. The molecule has 1 amide bonds. The van der Waals surface area contributed by atoms with Crippen LogP contribution in [0.5, 0.6) is 0 Å². The van der Waals surface area contributed by atoms with Gasteiger partial charge in [0.15, 0.2) is 6.29 Å². The quantitative estimate of drug-likeness (QED) is 0.205. The standard InChI is InChI=1S/C38H42N2O5/c1-43-26-33-11-7-21-40(33)24-34-22-36(29-15-13-27(25-41)14-16-29)45-38(44-34)31-19-17-28(18-20-31)35-12-6-5-10-32(35)23-39-37(42)30-8-3-2-4-9-30/h2-6,8-10,12-20,33-34,36,38,41H,7,11,21-26H2,1H3,(H,39,42)/t33-,34+,36-,38-/m0/s1. The Bertz CT molecular complexity index is 1530. The van der Waals surface area contributed by atoms with E-state index in [4.69, 9.17) is 14.2 Å². The maximum Gasteiger partial charge on any atom is 0.251 e. The van der Waals surface area contributed by atoms with Crippen LogP contribution in [-0.2, 0) is 27.4 Å². The van der Waals surface area contributed by atoms with Crippen molar-refractivity contribution in [1.29, 1.82) is 0 Å². The molecule has 7 heteroatoms. The first-order valence-electron chi connectivity index (χ1n) is 15.9. The number of nitrogens with one attached hydrogen (secondary N) is 1. The van der Waals surface area contributed by atoms with E-state index in [-0.39, 0.29) is 24.7 Å². The number of amides is 1. The Morgan fingerprint density at radius 1 is 0.911 bits per heavy atom. The predicted octanol–water partition coefficient (Wildman–Crippen LogP) is 6.43. The highest BCUT2D eigenvalue weighted by Gasteiger charge is 2.35. The molecule has 6 rings (SSSR count). The van der Waals surface area contributed by atoms with Crippen molar-refractivity contribution in [2.75, 3.05) is 26.8 Å². The molecule has 2 aliphatic heterocycles. The van der Waals surface area contributed by atoms with Gasteiger partial charge in [-0.05, 0) is 59.3 Å². The van der Waals surface area contributed by atoms with E-state index in [1.165, 1.54) is 6.42 Å². The largest absolute Gasteiger partial charge is 0.392 e.